The van der Waals surface area contributed by atoms with Gasteiger partial charge in [-0.2, -0.15) is 8.42 Å². The lowest BCUT2D eigenvalue weighted by Crippen LogP contribution is -2.46. The van der Waals surface area contributed by atoms with Crippen molar-refractivity contribution in [2.75, 3.05) is 39.4 Å². The van der Waals surface area contributed by atoms with E-state index in [1.807, 2.05) is 6.92 Å². The first-order chi connectivity index (χ1) is 24.1. The van der Waals surface area contributed by atoms with Gasteiger partial charge in [0.2, 0.25) is 11.8 Å². The number of carbonyl (C=O) groups excluding carboxylic acids is 3. The highest BCUT2D eigenvalue weighted by atomic mass is 32.2. The minimum Gasteiger partial charge on any atom is -0.491 e. The van der Waals surface area contributed by atoms with Crippen molar-refractivity contribution in [1.29, 1.82) is 0 Å². The molecule has 0 unspecified atom stereocenters. The molecular weight excluding hydrogens is 678 g/mol. The monoisotopic (exact) mass is 729 g/mol. The highest BCUT2D eigenvalue weighted by molar-refractivity contribution is 7.86. The van der Waals surface area contributed by atoms with E-state index in [1.54, 1.807) is 62.1 Å². The number of carbonyl (C=O) groups is 4. The molecule has 51 heavy (non-hydrogen) atoms. The molecule has 3 amide bonds. The molecule has 0 bridgehead atoms. The van der Waals surface area contributed by atoms with Gasteiger partial charge in [0.25, 0.3) is 10.1 Å². The summed E-state index contributed by atoms with van der Waals surface area (Å²) in [6.45, 7) is 8.79. The molecular formula is C37H51N3O10S. The van der Waals surface area contributed by atoms with Crippen LogP contribution in [0.3, 0.4) is 0 Å². The fraction of sp³-hybridized carbons (Fsp3) is 0.568. The number of nitrogens with zero attached hydrogens (tertiary/aromatic N) is 2. The number of nitrogens with one attached hydrogen (secondary N) is 1. The predicted molar refractivity (Wildman–Crippen MR) is 188 cm³/mol. The van der Waals surface area contributed by atoms with Crippen molar-refractivity contribution in [2.45, 2.75) is 89.2 Å². The average molecular weight is 730 g/mol. The maximum Gasteiger partial charge on any atom is 0.407 e. The summed E-state index contributed by atoms with van der Waals surface area (Å²) in [7, 11) is -3.92. The molecule has 2 aliphatic rings. The van der Waals surface area contributed by atoms with E-state index in [2.05, 4.69) is 5.32 Å². The Bertz CT molecular complexity index is 1600. The van der Waals surface area contributed by atoms with Crippen LogP contribution in [0.25, 0.3) is 0 Å². The first kappa shape index (κ1) is 39.6. The quantitative estimate of drug-likeness (QED) is 0.152. The number of aryl methyl sites for hydroxylation is 1. The Morgan fingerprint density at radius 3 is 2.22 bits per heavy atom. The SMILES string of the molecule is Cc1ccc(S(=O)(=O)OCCOc2ccc([C@H](CC(=O)OC(C)(C)C)NC(=O)[C@@H]3CCCN(C(=O)CCC4CCN(C(=O)O)CC4)C3)cc2)cc1. The van der Waals surface area contributed by atoms with Gasteiger partial charge in [-0.1, -0.05) is 29.8 Å². The highest BCUT2D eigenvalue weighted by Crippen LogP contribution is 2.27. The van der Waals surface area contributed by atoms with Crippen molar-refractivity contribution in [1.82, 2.24) is 15.1 Å². The van der Waals surface area contributed by atoms with Gasteiger partial charge in [0.1, 0.15) is 24.6 Å². The van der Waals surface area contributed by atoms with E-state index in [0.29, 0.717) is 62.5 Å². The van der Waals surface area contributed by atoms with Crippen LogP contribution in [0.2, 0.25) is 0 Å². The standard InChI is InChI=1S/C37H51N3O10S/c1-26-7-14-31(15-8-26)51(46,47)49-23-22-48-30-12-10-28(11-13-30)32(24-34(42)50-37(2,3)4)38-35(43)29-6-5-19-40(25-29)33(41)16-9-27-17-20-39(21-18-27)36(44)45/h7-8,10-15,27,29,32H,5-6,9,16-25H2,1-4H3,(H,38,43)(H,44,45)/t29-,32+/m1/s1. The maximum atomic E-state index is 13.6. The largest absolute Gasteiger partial charge is 0.491 e. The van der Waals surface area contributed by atoms with Crippen LogP contribution in [-0.2, 0) is 33.4 Å². The second kappa shape index (κ2) is 17.9. The molecule has 14 heteroatoms. The second-order valence-electron chi connectivity index (χ2n) is 14.3. The van der Waals surface area contributed by atoms with Gasteiger partial charge in [-0.15, -0.1) is 0 Å². The molecule has 2 atom stereocenters. The molecule has 4 rings (SSSR count). The van der Waals surface area contributed by atoms with Gasteiger partial charge in [-0.25, -0.2) is 4.79 Å². The number of ether oxygens (including phenoxy) is 2. The van der Waals surface area contributed by atoms with Crippen molar-refractivity contribution in [3.05, 3.63) is 59.7 Å². The number of likely N-dealkylation sites (tertiary alicyclic amines) is 2. The van der Waals surface area contributed by atoms with E-state index in [4.69, 9.17) is 13.7 Å². The maximum absolute atomic E-state index is 13.6. The lowest BCUT2D eigenvalue weighted by atomic mass is 9.91. The third kappa shape index (κ3) is 12.5. The zero-order valence-corrected chi connectivity index (χ0v) is 30.8. The minimum absolute atomic E-state index is 0.00722. The molecule has 13 nitrogen and oxygen atoms in total. The van der Waals surface area contributed by atoms with Gasteiger partial charge in [-0.3, -0.25) is 18.6 Å². The lowest BCUT2D eigenvalue weighted by molar-refractivity contribution is -0.155. The average Bonchev–Trinajstić information content (AvgIpc) is 3.08. The predicted octanol–water partition coefficient (Wildman–Crippen LogP) is 5.08. The Kier molecular flexibility index (Phi) is 13.9. The zero-order chi connectivity index (χ0) is 37.2. The molecule has 2 fully saturated rings. The van der Waals surface area contributed by atoms with Crippen LogP contribution in [0.15, 0.2) is 53.4 Å². The van der Waals surface area contributed by atoms with Crippen molar-refractivity contribution in [3.63, 3.8) is 0 Å². The Hall–Kier alpha value is -4.17. The molecule has 0 aliphatic carbocycles. The van der Waals surface area contributed by atoms with E-state index in [9.17, 15) is 32.7 Å². The van der Waals surface area contributed by atoms with Crippen LogP contribution in [0.1, 0.15) is 82.9 Å². The molecule has 2 saturated heterocycles. The van der Waals surface area contributed by atoms with Crippen LogP contribution in [-0.4, -0.2) is 92.2 Å². The van der Waals surface area contributed by atoms with E-state index >= 15 is 0 Å². The molecule has 280 valence electrons. The second-order valence-corrected chi connectivity index (χ2v) is 15.9. The Morgan fingerprint density at radius 1 is 0.922 bits per heavy atom. The molecule has 0 spiro atoms. The molecule has 2 heterocycles. The summed E-state index contributed by atoms with van der Waals surface area (Å²) in [4.78, 5) is 54.0. The third-order valence-corrected chi connectivity index (χ3v) is 10.4. The van der Waals surface area contributed by atoms with Crippen LogP contribution < -0.4 is 10.1 Å². The normalized spacial score (nSPS) is 17.8. The first-order valence-corrected chi connectivity index (χ1v) is 19.0. The summed E-state index contributed by atoms with van der Waals surface area (Å²) < 4.78 is 41.2. The highest BCUT2D eigenvalue weighted by Gasteiger charge is 2.32. The van der Waals surface area contributed by atoms with Gasteiger partial charge in [0.05, 0.1) is 23.3 Å². The summed E-state index contributed by atoms with van der Waals surface area (Å²) in [5.74, 6) is -0.434. The zero-order valence-electron chi connectivity index (χ0n) is 30.0. The van der Waals surface area contributed by atoms with Gasteiger partial charge in [0.15, 0.2) is 0 Å². The summed E-state index contributed by atoms with van der Waals surface area (Å²) in [5, 5.41) is 12.2. The molecule has 0 aromatic heterocycles. The molecule has 2 aromatic rings. The van der Waals surface area contributed by atoms with Crippen LogP contribution >= 0.6 is 0 Å². The molecule has 0 radical (unpaired) electrons. The first-order valence-electron chi connectivity index (χ1n) is 17.6. The summed E-state index contributed by atoms with van der Waals surface area (Å²) in [6.07, 6.45) is 2.80. The van der Waals surface area contributed by atoms with Crippen molar-refractivity contribution >= 4 is 34.0 Å². The number of hydrogen-bond donors (Lipinski definition) is 2. The van der Waals surface area contributed by atoms with Gasteiger partial charge in [0, 0.05) is 32.6 Å². The van der Waals surface area contributed by atoms with E-state index in [-0.39, 0.29) is 42.9 Å². The van der Waals surface area contributed by atoms with Crippen LogP contribution in [0.4, 0.5) is 4.79 Å². The molecule has 2 N–H and O–H groups in total. The van der Waals surface area contributed by atoms with Crippen LogP contribution in [0, 0.1) is 18.8 Å². The van der Waals surface area contributed by atoms with Gasteiger partial charge >= 0.3 is 12.1 Å². The number of hydrogen-bond acceptors (Lipinski definition) is 9. The molecule has 2 aromatic carbocycles. The number of rotatable bonds is 14. The third-order valence-electron chi connectivity index (χ3n) is 9.09. The lowest BCUT2D eigenvalue weighted by Gasteiger charge is -2.34. The smallest absolute Gasteiger partial charge is 0.407 e. The van der Waals surface area contributed by atoms with E-state index in [1.165, 1.54) is 17.0 Å². The van der Waals surface area contributed by atoms with E-state index in [0.717, 1.165) is 18.4 Å². The number of piperidine rings is 2. The topological polar surface area (TPSA) is 169 Å². The van der Waals surface area contributed by atoms with Crippen molar-refractivity contribution < 1.29 is 46.4 Å². The Morgan fingerprint density at radius 2 is 1.59 bits per heavy atom. The van der Waals surface area contributed by atoms with Crippen molar-refractivity contribution in [3.8, 4) is 5.75 Å². The molecule has 0 saturated carbocycles. The Labute approximate surface area is 300 Å². The van der Waals surface area contributed by atoms with Gasteiger partial charge < -0.3 is 29.7 Å². The number of esters is 1. The fourth-order valence-corrected chi connectivity index (χ4v) is 7.17. The number of amides is 3. The summed E-state index contributed by atoms with van der Waals surface area (Å²) >= 11 is 0. The van der Waals surface area contributed by atoms with Gasteiger partial charge in [-0.05, 0) is 95.5 Å². The molecule has 2 aliphatic heterocycles. The number of carboxylic acid groups (broad SMARTS) is 1. The summed E-state index contributed by atoms with van der Waals surface area (Å²) in [6, 6.07) is 12.5. The number of benzene rings is 2. The minimum atomic E-state index is -3.92. The van der Waals surface area contributed by atoms with Crippen molar-refractivity contribution in [2.24, 2.45) is 11.8 Å². The summed E-state index contributed by atoms with van der Waals surface area (Å²) in [5.41, 5.74) is 0.870. The Balaban J connectivity index is 1.32. The fourth-order valence-electron chi connectivity index (χ4n) is 6.28. The van der Waals surface area contributed by atoms with Crippen LogP contribution in [0.5, 0.6) is 5.75 Å². The van der Waals surface area contributed by atoms with E-state index < -0.39 is 39.7 Å².